The van der Waals surface area contributed by atoms with Crippen molar-refractivity contribution in [2.24, 2.45) is 17.8 Å². The maximum atomic E-state index is 12.9. The first-order chi connectivity index (χ1) is 13.6. The number of nitrogens with one attached hydrogen (secondary N) is 1. The smallest absolute Gasteiger partial charge is 0.263 e. The third-order valence-corrected chi connectivity index (χ3v) is 8.36. The Morgan fingerprint density at radius 1 is 1.39 bits per heavy atom. The molecule has 1 spiro atoms. The Kier molecular flexibility index (Phi) is 5.06. The predicted molar refractivity (Wildman–Crippen MR) is 111 cm³/mol. The number of nitrogens with zero attached hydrogens (tertiary/aromatic N) is 2. The number of aromatic nitrogens is 1. The molecule has 0 unspecified atom stereocenters. The molecule has 152 valence electrons. The van der Waals surface area contributed by atoms with Crippen molar-refractivity contribution in [1.29, 1.82) is 0 Å². The first-order valence-corrected chi connectivity index (χ1v) is 11.8. The zero-order valence-corrected chi connectivity index (χ0v) is 17.5. The molecule has 6 heteroatoms. The van der Waals surface area contributed by atoms with Crippen LogP contribution in [0.1, 0.15) is 53.9 Å². The molecular formula is C22H31N3O2S. The lowest BCUT2D eigenvalue weighted by Gasteiger charge is -2.50. The minimum atomic E-state index is -0.224. The van der Waals surface area contributed by atoms with Crippen molar-refractivity contribution in [3.05, 3.63) is 28.2 Å². The van der Waals surface area contributed by atoms with Crippen LogP contribution in [0.2, 0.25) is 0 Å². The number of hydrogen-bond donors (Lipinski definition) is 1. The number of thiazole rings is 1. The molecule has 1 aliphatic heterocycles. The quantitative estimate of drug-likeness (QED) is 0.786. The Morgan fingerprint density at radius 2 is 2.32 bits per heavy atom. The Balaban J connectivity index is 1.28. The van der Waals surface area contributed by atoms with Crippen LogP contribution in [0.5, 0.6) is 0 Å². The topological polar surface area (TPSA) is 54.5 Å². The highest BCUT2D eigenvalue weighted by Gasteiger charge is 2.47. The summed E-state index contributed by atoms with van der Waals surface area (Å²) in [7, 11) is 0. The molecule has 1 aromatic heterocycles. The summed E-state index contributed by atoms with van der Waals surface area (Å²) in [5.41, 5.74) is 2.35. The lowest BCUT2D eigenvalue weighted by molar-refractivity contribution is -0.143. The van der Waals surface area contributed by atoms with E-state index < -0.39 is 0 Å². The molecule has 4 aliphatic rings. The van der Waals surface area contributed by atoms with Gasteiger partial charge in [0.2, 0.25) is 0 Å². The van der Waals surface area contributed by atoms with Crippen molar-refractivity contribution < 1.29 is 9.53 Å². The minimum Gasteiger partial charge on any atom is -0.370 e. The molecule has 1 N–H and O–H groups in total. The number of amides is 1. The summed E-state index contributed by atoms with van der Waals surface area (Å²) in [6.07, 6.45) is 12.0. The van der Waals surface area contributed by atoms with Gasteiger partial charge < -0.3 is 10.1 Å². The van der Waals surface area contributed by atoms with E-state index >= 15 is 0 Å². The van der Waals surface area contributed by atoms with Crippen LogP contribution in [0, 0.1) is 24.7 Å². The lowest BCUT2D eigenvalue weighted by atomic mass is 9.78. The number of ether oxygens (including phenoxy) is 1. The van der Waals surface area contributed by atoms with Gasteiger partial charge in [0.15, 0.2) is 0 Å². The monoisotopic (exact) mass is 401 g/mol. The molecular weight excluding hydrogens is 370 g/mol. The van der Waals surface area contributed by atoms with E-state index in [9.17, 15) is 4.79 Å². The zero-order chi connectivity index (χ0) is 19.1. The van der Waals surface area contributed by atoms with Gasteiger partial charge in [0.1, 0.15) is 10.5 Å². The Labute approximate surface area is 171 Å². The molecule has 5 atom stereocenters. The van der Waals surface area contributed by atoms with Crippen molar-refractivity contribution in [3.63, 3.8) is 0 Å². The van der Waals surface area contributed by atoms with E-state index in [4.69, 9.17) is 4.74 Å². The maximum Gasteiger partial charge on any atom is 0.263 e. The van der Waals surface area contributed by atoms with Crippen LogP contribution in [0.3, 0.4) is 0 Å². The first kappa shape index (κ1) is 18.8. The predicted octanol–water partition coefficient (Wildman–Crippen LogP) is 3.41. The minimum absolute atomic E-state index is 0.0187. The summed E-state index contributed by atoms with van der Waals surface area (Å²) in [5, 5.41) is 3.33. The van der Waals surface area contributed by atoms with E-state index in [-0.39, 0.29) is 17.6 Å². The molecule has 2 saturated carbocycles. The fourth-order valence-corrected chi connectivity index (χ4v) is 6.70. The molecule has 1 amide bonds. The third kappa shape index (κ3) is 3.44. The fourth-order valence-electron chi connectivity index (χ4n) is 5.99. The van der Waals surface area contributed by atoms with Crippen LogP contribution >= 0.6 is 11.3 Å². The van der Waals surface area contributed by atoms with Gasteiger partial charge in [-0.3, -0.25) is 9.69 Å². The summed E-state index contributed by atoms with van der Waals surface area (Å²) in [6, 6.07) is 0.0953. The van der Waals surface area contributed by atoms with E-state index in [1.807, 2.05) is 6.92 Å². The summed E-state index contributed by atoms with van der Waals surface area (Å²) in [6.45, 7) is 5.85. The zero-order valence-electron chi connectivity index (χ0n) is 16.7. The Hall–Kier alpha value is -1.24. The average Bonchev–Trinajstić information content (AvgIpc) is 3.41. The van der Waals surface area contributed by atoms with Crippen molar-refractivity contribution in [2.45, 2.75) is 57.1 Å². The number of morpholine rings is 1. The summed E-state index contributed by atoms with van der Waals surface area (Å²) < 4.78 is 6.44. The van der Waals surface area contributed by atoms with E-state index in [1.165, 1.54) is 37.1 Å². The SMILES string of the molecule is Cc1ncsc1C(=O)N[C@@H]1CCCC[C@]12CN(C[C@@H]1C[C@@H]3C=C[C@H]1C3)CCO2. The van der Waals surface area contributed by atoms with E-state index in [1.54, 1.807) is 5.51 Å². The highest BCUT2D eigenvalue weighted by Crippen LogP contribution is 2.44. The molecule has 3 aliphatic carbocycles. The molecule has 5 nitrogen and oxygen atoms in total. The molecule has 28 heavy (non-hydrogen) atoms. The number of rotatable bonds is 4. The first-order valence-electron chi connectivity index (χ1n) is 10.9. The van der Waals surface area contributed by atoms with Crippen molar-refractivity contribution >= 4 is 17.2 Å². The summed E-state index contributed by atoms with van der Waals surface area (Å²) >= 11 is 1.43. The number of allylic oxidation sites excluding steroid dienone is 2. The number of fused-ring (bicyclic) bond motifs is 2. The van der Waals surface area contributed by atoms with Crippen molar-refractivity contribution in [2.75, 3.05) is 26.2 Å². The Morgan fingerprint density at radius 3 is 3.07 bits per heavy atom. The Bertz CT molecular complexity index is 759. The van der Waals surface area contributed by atoms with Gasteiger partial charge >= 0.3 is 0 Å². The molecule has 2 bridgehead atoms. The van der Waals surface area contributed by atoms with E-state index in [2.05, 4.69) is 27.4 Å². The van der Waals surface area contributed by atoms with Crippen LogP contribution in [-0.2, 0) is 4.74 Å². The van der Waals surface area contributed by atoms with Gasteiger partial charge in [-0.2, -0.15) is 0 Å². The second-order valence-electron chi connectivity index (χ2n) is 9.23. The standard InChI is InChI=1S/C22H31N3O2S/c1-15-20(28-14-23-15)21(26)24-19-4-2-3-7-22(19)13-25(8-9-27-22)12-18-11-16-5-6-17(18)10-16/h5-6,14,16-19H,2-4,7-13H2,1H3,(H,24,26)/t16-,17+,18+,19-,22+/m1/s1. The molecule has 5 rings (SSSR count). The number of aryl methyl sites for hydroxylation is 1. The van der Waals surface area contributed by atoms with Gasteiger partial charge in [0, 0.05) is 19.6 Å². The lowest BCUT2D eigenvalue weighted by Crippen LogP contribution is -2.64. The fraction of sp³-hybridized carbons (Fsp3) is 0.727. The molecule has 1 aromatic rings. The number of carbonyl (C=O) groups is 1. The van der Waals surface area contributed by atoms with Gasteiger partial charge in [0.05, 0.1) is 23.9 Å². The molecule has 2 heterocycles. The van der Waals surface area contributed by atoms with Crippen molar-refractivity contribution in [1.82, 2.24) is 15.2 Å². The molecule has 1 saturated heterocycles. The summed E-state index contributed by atoms with van der Waals surface area (Å²) in [4.78, 5) is 20.5. The number of carbonyl (C=O) groups excluding carboxylic acids is 1. The van der Waals surface area contributed by atoms with Crippen LogP contribution < -0.4 is 5.32 Å². The normalized spacial score (nSPS) is 37.6. The molecule has 0 aromatic carbocycles. The van der Waals surface area contributed by atoms with Crippen LogP contribution in [-0.4, -0.2) is 53.7 Å². The largest absolute Gasteiger partial charge is 0.370 e. The molecule has 0 radical (unpaired) electrons. The third-order valence-electron chi connectivity index (χ3n) is 7.43. The number of hydrogen-bond acceptors (Lipinski definition) is 5. The van der Waals surface area contributed by atoms with Crippen molar-refractivity contribution in [3.8, 4) is 0 Å². The van der Waals surface area contributed by atoms with E-state index in [0.717, 1.165) is 67.3 Å². The average molecular weight is 402 g/mol. The highest BCUT2D eigenvalue weighted by atomic mass is 32.1. The second kappa shape index (κ2) is 7.54. The van der Waals surface area contributed by atoms with Crippen LogP contribution in [0.25, 0.3) is 0 Å². The van der Waals surface area contributed by atoms with Gasteiger partial charge in [0.25, 0.3) is 5.91 Å². The second-order valence-corrected chi connectivity index (χ2v) is 10.1. The van der Waals surface area contributed by atoms with Gasteiger partial charge in [-0.1, -0.05) is 25.0 Å². The van der Waals surface area contributed by atoms with Gasteiger partial charge in [-0.05, 0) is 50.4 Å². The van der Waals surface area contributed by atoms with Crippen LogP contribution in [0.15, 0.2) is 17.7 Å². The highest BCUT2D eigenvalue weighted by molar-refractivity contribution is 7.11. The van der Waals surface area contributed by atoms with Crippen LogP contribution in [0.4, 0.5) is 0 Å². The van der Waals surface area contributed by atoms with E-state index in [0.29, 0.717) is 0 Å². The van der Waals surface area contributed by atoms with Gasteiger partial charge in [-0.25, -0.2) is 4.98 Å². The van der Waals surface area contributed by atoms with Gasteiger partial charge in [-0.15, -0.1) is 11.3 Å². The summed E-state index contributed by atoms with van der Waals surface area (Å²) in [5.74, 6) is 2.45. The molecule has 3 fully saturated rings. The maximum absolute atomic E-state index is 12.9.